The van der Waals surface area contributed by atoms with E-state index in [4.69, 9.17) is 19.9 Å². The second-order valence-electron chi connectivity index (χ2n) is 5.82. The van der Waals surface area contributed by atoms with Crippen molar-refractivity contribution < 1.29 is 23.8 Å². The molecule has 0 spiro atoms. The Morgan fingerprint density at radius 1 is 1.00 bits per heavy atom. The predicted molar refractivity (Wildman–Crippen MR) is 101 cm³/mol. The first-order valence-electron chi connectivity index (χ1n) is 8.41. The highest BCUT2D eigenvalue weighted by atomic mass is 16.5. The monoisotopic (exact) mass is 372 g/mol. The molecule has 0 aromatic heterocycles. The Labute approximate surface area is 158 Å². The van der Waals surface area contributed by atoms with E-state index in [1.807, 2.05) is 0 Å². The maximum absolute atomic E-state index is 12.6. The number of carbonyl (C=O) groups excluding carboxylic acids is 2. The first kappa shape index (κ1) is 20.3. The number of esters is 1. The maximum atomic E-state index is 12.6. The Bertz CT molecular complexity index is 789. The minimum atomic E-state index is -0.584. The number of benzene rings is 2. The summed E-state index contributed by atoms with van der Waals surface area (Å²) in [6.45, 7) is 0.401. The van der Waals surface area contributed by atoms with E-state index < -0.39 is 12.0 Å². The zero-order valence-electron chi connectivity index (χ0n) is 15.7. The quantitative estimate of drug-likeness (QED) is 0.689. The lowest BCUT2D eigenvalue weighted by molar-refractivity contribution is -0.141. The molecular formula is C20H24N2O5. The average molecular weight is 372 g/mol. The SMILES string of the molecule is COC(=O)CC(NC(=O)c1ccc(CN)cc1)c1ccc(OC)c(OC)c1. The van der Waals surface area contributed by atoms with Crippen LogP contribution in [-0.4, -0.2) is 33.2 Å². The van der Waals surface area contributed by atoms with E-state index in [1.54, 1.807) is 42.5 Å². The van der Waals surface area contributed by atoms with Crippen LogP contribution in [0.4, 0.5) is 0 Å². The lowest BCUT2D eigenvalue weighted by Crippen LogP contribution is -2.30. The van der Waals surface area contributed by atoms with Crippen molar-refractivity contribution in [3.63, 3.8) is 0 Å². The highest BCUT2D eigenvalue weighted by Crippen LogP contribution is 2.31. The fourth-order valence-corrected chi connectivity index (χ4v) is 2.61. The van der Waals surface area contributed by atoms with Crippen LogP contribution in [0.3, 0.4) is 0 Å². The van der Waals surface area contributed by atoms with Gasteiger partial charge in [0.2, 0.25) is 0 Å². The fraction of sp³-hybridized carbons (Fsp3) is 0.300. The molecule has 0 aliphatic carbocycles. The largest absolute Gasteiger partial charge is 0.493 e. The molecule has 2 aromatic carbocycles. The van der Waals surface area contributed by atoms with Crippen LogP contribution in [0, 0.1) is 0 Å². The number of nitrogens with two attached hydrogens (primary N) is 1. The van der Waals surface area contributed by atoms with E-state index in [1.165, 1.54) is 21.3 Å². The molecule has 0 saturated carbocycles. The topological polar surface area (TPSA) is 99.9 Å². The summed E-state index contributed by atoms with van der Waals surface area (Å²) in [5.41, 5.74) is 7.68. The number of methoxy groups -OCH3 is 3. The summed E-state index contributed by atoms with van der Waals surface area (Å²) >= 11 is 0. The average Bonchev–Trinajstić information content (AvgIpc) is 2.72. The molecule has 27 heavy (non-hydrogen) atoms. The van der Waals surface area contributed by atoms with Gasteiger partial charge in [0.25, 0.3) is 5.91 Å². The van der Waals surface area contributed by atoms with Crippen LogP contribution in [0.2, 0.25) is 0 Å². The van der Waals surface area contributed by atoms with Crippen molar-refractivity contribution in [3.05, 3.63) is 59.2 Å². The Morgan fingerprint density at radius 2 is 1.67 bits per heavy atom. The predicted octanol–water partition coefficient (Wildman–Crippen LogP) is 2.20. The first-order valence-corrected chi connectivity index (χ1v) is 8.41. The van der Waals surface area contributed by atoms with E-state index in [2.05, 4.69) is 5.32 Å². The van der Waals surface area contributed by atoms with Crippen LogP contribution < -0.4 is 20.5 Å². The van der Waals surface area contributed by atoms with Gasteiger partial charge in [0.1, 0.15) is 0 Å². The number of nitrogens with one attached hydrogen (secondary N) is 1. The molecule has 7 heteroatoms. The molecule has 0 bridgehead atoms. The van der Waals surface area contributed by atoms with Crippen molar-refractivity contribution in [2.24, 2.45) is 5.73 Å². The highest BCUT2D eigenvalue weighted by Gasteiger charge is 2.21. The van der Waals surface area contributed by atoms with Crippen molar-refractivity contribution >= 4 is 11.9 Å². The van der Waals surface area contributed by atoms with Gasteiger partial charge >= 0.3 is 5.97 Å². The van der Waals surface area contributed by atoms with Crippen LogP contribution in [0.15, 0.2) is 42.5 Å². The van der Waals surface area contributed by atoms with Crippen LogP contribution in [0.1, 0.15) is 33.9 Å². The zero-order chi connectivity index (χ0) is 19.8. The lowest BCUT2D eigenvalue weighted by atomic mass is 10.0. The molecule has 0 aliphatic rings. The summed E-state index contributed by atoms with van der Waals surface area (Å²) in [7, 11) is 4.37. The number of carbonyl (C=O) groups is 2. The van der Waals surface area contributed by atoms with E-state index >= 15 is 0 Å². The molecule has 144 valence electrons. The minimum Gasteiger partial charge on any atom is -0.493 e. The van der Waals surface area contributed by atoms with Crippen molar-refractivity contribution in [1.82, 2.24) is 5.32 Å². The third-order valence-electron chi connectivity index (χ3n) is 4.17. The summed E-state index contributed by atoms with van der Waals surface area (Å²) in [5, 5.41) is 2.87. The van der Waals surface area contributed by atoms with Gasteiger partial charge < -0.3 is 25.3 Å². The number of amides is 1. The van der Waals surface area contributed by atoms with Crippen LogP contribution in [-0.2, 0) is 16.1 Å². The standard InChI is InChI=1S/C20H24N2O5/c1-25-17-9-8-15(10-18(17)26-2)16(11-19(23)27-3)22-20(24)14-6-4-13(12-21)5-7-14/h4-10,16H,11-12,21H2,1-3H3,(H,22,24). The van der Waals surface area contributed by atoms with Gasteiger partial charge in [-0.05, 0) is 35.4 Å². The van der Waals surface area contributed by atoms with E-state index in [0.717, 1.165) is 5.56 Å². The molecule has 0 radical (unpaired) electrons. The van der Waals surface area contributed by atoms with Crippen molar-refractivity contribution in [3.8, 4) is 11.5 Å². The molecule has 0 saturated heterocycles. The molecule has 1 amide bonds. The van der Waals surface area contributed by atoms with Gasteiger partial charge in [0.15, 0.2) is 11.5 Å². The smallest absolute Gasteiger partial charge is 0.307 e. The Hall–Kier alpha value is -3.06. The Morgan fingerprint density at radius 3 is 2.22 bits per heavy atom. The third-order valence-corrected chi connectivity index (χ3v) is 4.17. The fourth-order valence-electron chi connectivity index (χ4n) is 2.61. The Kier molecular flexibility index (Phi) is 7.19. The molecule has 1 unspecified atom stereocenters. The molecule has 2 rings (SSSR count). The molecule has 1 atom stereocenters. The first-order chi connectivity index (χ1) is 13.0. The molecule has 0 fully saturated rings. The maximum Gasteiger partial charge on any atom is 0.307 e. The van der Waals surface area contributed by atoms with E-state index in [-0.39, 0.29) is 12.3 Å². The van der Waals surface area contributed by atoms with E-state index in [9.17, 15) is 9.59 Å². The second kappa shape index (κ2) is 9.59. The molecule has 0 heterocycles. The van der Waals surface area contributed by atoms with Gasteiger partial charge in [-0.1, -0.05) is 18.2 Å². The van der Waals surface area contributed by atoms with Gasteiger partial charge in [-0.25, -0.2) is 0 Å². The van der Waals surface area contributed by atoms with Gasteiger partial charge in [-0.3, -0.25) is 9.59 Å². The van der Waals surface area contributed by atoms with E-state index in [0.29, 0.717) is 29.2 Å². The van der Waals surface area contributed by atoms with Gasteiger partial charge in [-0.15, -0.1) is 0 Å². The van der Waals surface area contributed by atoms with Crippen LogP contribution >= 0.6 is 0 Å². The summed E-state index contributed by atoms with van der Waals surface area (Å²) in [6, 6.07) is 11.6. The number of hydrogen-bond donors (Lipinski definition) is 2. The van der Waals surface area contributed by atoms with Gasteiger partial charge in [-0.2, -0.15) is 0 Å². The molecular weight excluding hydrogens is 348 g/mol. The van der Waals surface area contributed by atoms with Crippen molar-refractivity contribution in [1.29, 1.82) is 0 Å². The second-order valence-corrected chi connectivity index (χ2v) is 5.82. The summed E-state index contributed by atoms with van der Waals surface area (Å²) < 4.78 is 15.3. The number of hydrogen-bond acceptors (Lipinski definition) is 6. The van der Waals surface area contributed by atoms with Gasteiger partial charge in [0, 0.05) is 12.1 Å². The lowest BCUT2D eigenvalue weighted by Gasteiger charge is -2.20. The molecule has 2 aromatic rings. The van der Waals surface area contributed by atoms with Gasteiger partial charge in [0.05, 0.1) is 33.8 Å². The number of rotatable bonds is 8. The van der Waals surface area contributed by atoms with Crippen molar-refractivity contribution in [2.75, 3.05) is 21.3 Å². The Balaban J connectivity index is 2.28. The van der Waals surface area contributed by atoms with Crippen LogP contribution in [0.5, 0.6) is 11.5 Å². The molecule has 7 nitrogen and oxygen atoms in total. The van der Waals surface area contributed by atoms with Crippen molar-refractivity contribution in [2.45, 2.75) is 19.0 Å². The summed E-state index contributed by atoms with van der Waals surface area (Å²) in [6.07, 6.45) is -0.0153. The normalized spacial score (nSPS) is 11.4. The highest BCUT2D eigenvalue weighted by molar-refractivity contribution is 5.94. The molecule has 0 aliphatic heterocycles. The third kappa shape index (κ3) is 5.21. The summed E-state index contributed by atoms with van der Waals surface area (Å²) in [5.74, 6) is 0.323. The number of ether oxygens (including phenoxy) is 3. The zero-order valence-corrected chi connectivity index (χ0v) is 15.7. The molecule has 3 N–H and O–H groups in total. The van der Waals surface area contributed by atoms with Crippen LogP contribution in [0.25, 0.3) is 0 Å². The minimum absolute atomic E-state index is 0.0153. The summed E-state index contributed by atoms with van der Waals surface area (Å²) in [4.78, 5) is 24.5.